The number of nitrogens with one attached hydrogen (secondary N) is 2. The molecule has 1 fully saturated rings. The Labute approximate surface area is 256 Å². The normalized spacial score (nSPS) is 28.8. The summed E-state index contributed by atoms with van der Waals surface area (Å²) in [7, 11) is -3.10. The molecule has 12 nitrogen and oxygen atoms in total. The number of aliphatic hydroxyl groups excluding tert-OH is 1. The van der Waals surface area contributed by atoms with Gasteiger partial charge in [0.15, 0.2) is 11.9 Å². The maximum absolute atomic E-state index is 16.1. The van der Waals surface area contributed by atoms with Gasteiger partial charge in [0.05, 0.1) is 12.7 Å². The van der Waals surface area contributed by atoms with Crippen molar-refractivity contribution in [1.29, 1.82) is 0 Å². The summed E-state index contributed by atoms with van der Waals surface area (Å²) in [6.45, 7) is 6.82. The Morgan fingerprint density at radius 3 is 2.48 bits per heavy atom. The molecule has 0 radical (unpaired) electrons. The molecule has 2 unspecified atom stereocenters. The van der Waals surface area contributed by atoms with Crippen LogP contribution in [0.15, 0.2) is 66.9 Å². The van der Waals surface area contributed by atoms with Gasteiger partial charge in [-0.05, 0) is 39.3 Å². The Kier molecular flexibility index (Phi) is 10.2. The molecular weight excluding hydrogens is 596 g/mol. The van der Waals surface area contributed by atoms with Crippen LogP contribution >= 0.6 is 7.75 Å². The molecule has 0 saturated carbocycles. The lowest BCUT2D eigenvalue weighted by Gasteiger charge is -2.46. The minimum Gasteiger partial charge on any atom is -0.462 e. The topological polar surface area (TPSA) is 145 Å². The largest absolute Gasteiger partial charge is 0.462 e. The molecule has 7 atom stereocenters. The second kappa shape index (κ2) is 13.4. The fraction of sp³-hybridized carbons (Fsp3) is 0.467. The number of esters is 1. The van der Waals surface area contributed by atoms with Crippen LogP contribution in [0.2, 0.25) is 0 Å². The molecule has 0 bridgehead atoms. The van der Waals surface area contributed by atoms with Crippen LogP contribution in [0, 0.1) is 0 Å². The Morgan fingerprint density at radius 2 is 1.82 bits per heavy atom. The van der Waals surface area contributed by atoms with Gasteiger partial charge in [0.2, 0.25) is 11.8 Å². The van der Waals surface area contributed by atoms with Gasteiger partial charge in [0.25, 0.3) is 0 Å². The average Bonchev–Trinajstić information content (AvgIpc) is 3.20. The minimum absolute atomic E-state index is 0.185. The summed E-state index contributed by atoms with van der Waals surface area (Å²) in [4.78, 5) is 25.9. The first-order valence-electron chi connectivity index (χ1n) is 14.1. The molecule has 14 heteroatoms. The number of alkyl halides is 1. The second-order valence-electron chi connectivity index (χ2n) is 11.1. The number of methoxy groups -OCH3 is 1. The number of ether oxygens (including phenoxy) is 3. The number of amides is 1. The molecule has 2 aromatic carbocycles. The van der Waals surface area contributed by atoms with Crippen molar-refractivity contribution in [2.45, 2.75) is 76.7 Å². The van der Waals surface area contributed by atoms with Crippen LogP contribution in [0.4, 0.5) is 4.39 Å². The minimum atomic E-state index is -4.43. The zero-order chi connectivity index (χ0) is 32.3. The molecule has 240 valence electrons. The number of halogens is 1. The standard InChI is InChI=1S/C30H39FN3O9P/c1-19(2)41-27(37)20(3)33-44(38,43-23-15-11-10-14-22(23)21-12-8-7-9-13-21)40-18-24-26(36)29(4,31)28(42-24)34-17-16-25(35)32-30(34,5)39-6/h7-17,19-20,24,26,28,36H,18H2,1-6H3,(H,32,35)(H,33,38)/t20-,24+,26+,28+,29+,30?,44?/m0/s1. The third-order valence-corrected chi connectivity index (χ3v) is 8.89. The third-order valence-electron chi connectivity index (χ3n) is 7.26. The van der Waals surface area contributed by atoms with E-state index in [4.69, 9.17) is 23.3 Å². The van der Waals surface area contributed by atoms with Gasteiger partial charge in [-0.15, -0.1) is 0 Å². The van der Waals surface area contributed by atoms with Gasteiger partial charge in [0, 0.05) is 31.9 Å². The quantitative estimate of drug-likeness (QED) is 0.231. The van der Waals surface area contributed by atoms with Crippen molar-refractivity contribution in [3.63, 3.8) is 0 Å². The fourth-order valence-electron chi connectivity index (χ4n) is 4.85. The predicted molar refractivity (Wildman–Crippen MR) is 159 cm³/mol. The molecule has 1 saturated heterocycles. The van der Waals surface area contributed by atoms with Crippen LogP contribution < -0.4 is 14.9 Å². The number of hydrogen-bond donors (Lipinski definition) is 3. The van der Waals surface area contributed by atoms with E-state index >= 15 is 4.39 Å². The summed E-state index contributed by atoms with van der Waals surface area (Å²) in [6, 6.07) is 14.9. The predicted octanol–water partition coefficient (Wildman–Crippen LogP) is 3.87. The number of hydrogen-bond acceptors (Lipinski definition) is 10. The number of carbonyl (C=O) groups is 2. The van der Waals surface area contributed by atoms with Gasteiger partial charge < -0.3 is 34.1 Å². The smallest absolute Gasteiger partial charge is 0.459 e. The first-order chi connectivity index (χ1) is 20.7. The highest BCUT2D eigenvalue weighted by Crippen LogP contribution is 2.49. The number of para-hydroxylation sites is 1. The SMILES string of the molecule is COC1(C)NC(=O)C=CN1[C@@H]1O[C@H](COP(=O)(N[C@@H](C)C(=O)OC(C)C)Oc2ccccc2-c2ccccc2)[C@@H](O)[C@@]1(C)F. The first-order valence-corrected chi connectivity index (χ1v) is 15.7. The summed E-state index contributed by atoms with van der Waals surface area (Å²) in [5.74, 6) is -2.47. The Morgan fingerprint density at radius 1 is 1.16 bits per heavy atom. The molecule has 2 aliphatic heterocycles. The molecule has 2 heterocycles. The lowest BCUT2D eigenvalue weighted by molar-refractivity contribution is -0.213. The molecule has 2 aliphatic rings. The van der Waals surface area contributed by atoms with E-state index in [2.05, 4.69) is 10.4 Å². The average molecular weight is 636 g/mol. The number of nitrogens with zero attached hydrogens (tertiary/aromatic N) is 1. The molecular formula is C30H39FN3O9P. The van der Waals surface area contributed by atoms with Crippen LogP contribution in [0.5, 0.6) is 5.75 Å². The summed E-state index contributed by atoms with van der Waals surface area (Å²) < 4.78 is 58.6. The summed E-state index contributed by atoms with van der Waals surface area (Å²) in [6.07, 6.45) is -2.50. The van der Waals surface area contributed by atoms with Gasteiger partial charge in [-0.1, -0.05) is 48.5 Å². The molecule has 1 amide bonds. The van der Waals surface area contributed by atoms with Crippen molar-refractivity contribution in [3.8, 4) is 16.9 Å². The van der Waals surface area contributed by atoms with Crippen molar-refractivity contribution >= 4 is 19.6 Å². The highest BCUT2D eigenvalue weighted by molar-refractivity contribution is 7.52. The third kappa shape index (κ3) is 7.31. The Bertz CT molecular complexity index is 1410. The van der Waals surface area contributed by atoms with E-state index in [1.165, 1.54) is 38.1 Å². The van der Waals surface area contributed by atoms with Gasteiger partial charge in [-0.2, -0.15) is 5.09 Å². The van der Waals surface area contributed by atoms with E-state index < -0.39 is 68.3 Å². The Balaban J connectivity index is 1.60. The number of rotatable bonds is 12. The summed E-state index contributed by atoms with van der Waals surface area (Å²) in [5.41, 5.74) is -1.02. The zero-order valence-corrected chi connectivity index (χ0v) is 26.3. The van der Waals surface area contributed by atoms with E-state index in [-0.39, 0.29) is 5.75 Å². The van der Waals surface area contributed by atoms with Crippen molar-refractivity contribution < 1.29 is 46.9 Å². The molecule has 0 spiro atoms. The monoisotopic (exact) mass is 635 g/mol. The summed E-state index contributed by atoms with van der Waals surface area (Å²) in [5, 5.41) is 16.2. The van der Waals surface area contributed by atoms with Crippen molar-refractivity contribution in [2.75, 3.05) is 13.7 Å². The van der Waals surface area contributed by atoms with E-state index in [1.54, 1.807) is 38.1 Å². The maximum Gasteiger partial charge on any atom is 0.459 e. The van der Waals surface area contributed by atoms with Crippen LogP contribution in [0.1, 0.15) is 34.6 Å². The molecule has 4 rings (SSSR count). The van der Waals surface area contributed by atoms with Gasteiger partial charge in [0.1, 0.15) is 24.0 Å². The van der Waals surface area contributed by atoms with E-state index in [9.17, 15) is 19.3 Å². The van der Waals surface area contributed by atoms with Crippen molar-refractivity contribution in [2.24, 2.45) is 0 Å². The van der Waals surface area contributed by atoms with Crippen LogP contribution in [-0.2, 0) is 32.9 Å². The molecule has 0 aliphatic carbocycles. The Hall–Kier alpha value is -3.32. The van der Waals surface area contributed by atoms with Gasteiger partial charge in [-0.3, -0.25) is 14.1 Å². The summed E-state index contributed by atoms with van der Waals surface area (Å²) >= 11 is 0. The zero-order valence-electron chi connectivity index (χ0n) is 25.4. The highest BCUT2D eigenvalue weighted by Gasteiger charge is 2.59. The highest BCUT2D eigenvalue weighted by atomic mass is 31.2. The van der Waals surface area contributed by atoms with Crippen molar-refractivity contribution in [3.05, 3.63) is 66.9 Å². The number of carbonyl (C=O) groups excluding carboxylic acids is 2. The molecule has 44 heavy (non-hydrogen) atoms. The van der Waals surface area contributed by atoms with E-state index in [0.29, 0.717) is 5.56 Å². The first kappa shape index (κ1) is 33.6. The number of benzene rings is 2. The van der Waals surface area contributed by atoms with E-state index in [1.807, 2.05) is 30.3 Å². The van der Waals surface area contributed by atoms with Crippen LogP contribution in [0.25, 0.3) is 11.1 Å². The lowest BCUT2D eigenvalue weighted by Crippen LogP contribution is -2.66. The molecule has 2 aromatic rings. The van der Waals surface area contributed by atoms with Gasteiger partial charge in [-0.25, -0.2) is 8.96 Å². The molecule has 0 aromatic heterocycles. The maximum atomic E-state index is 16.1. The second-order valence-corrected chi connectivity index (χ2v) is 12.8. The number of aliphatic hydroxyl groups is 1. The van der Waals surface area contributed by atoms with E-state index in [0.717, 1.165) is 12.5 Å². The molecule has 3 N–H and O–H groups in total. The van der Waals surface area contributed by atoms with Crippen LogP contribution in [0.3, 0.4) is 0 Å². The van der Waals surface area contributed by atoms with Gasteiger partial charge >= 0.3 is 13.7 Å². The van der Waals surface area contributed by atoms with Crippen LogP contribution in [-0.4, -0.2) is 77.7 Å². The fourth-order valence-corrected chi connectivity index (χ4v) is 6.37. The van der Waals surface area contributed by atoms with Crippen molar-refractivity contribution in [1.82, 2.24) is 15.3 Å². The lowest BCUT2D eigenvalue weighted by atomic mass is 9.97.